The minimum Gasteiger partial charge on any atom is -0.354 e. The van der Waals surface area contributed by atoms with Gasteiger partial charge in [-0.3, -0.25) is 4.68 Å². The molecule has 1 atom stereocenters. The van der Waals surface area contributed by atoms with E-state index in [1.54, 1.807) is 0 Å². The van der Waals surface area contributed by atoms with Gasteiger partial charge in [-0.05, 0) is 12.5 Å². The van der Waals surface area contributed by atoms with Crippen LogP contribution in [0.15, 0.2) is 12.3 Å². The van der Waals surface area contributed by atoms with Crippen molar-refractivity contribution in [3.8, 4) is 0 Å². The largest absolute Gasteiger partial charge is 0.354 e. The summed E-state index contributed by atoms with van der Waals surface area (Å²) in [6.45, 7) is 4.81. The Morgan fingerprint density at radius 3 is 2.86 bits per heavy atom. The average molecular weight is 288 g/mol. The van der Waals surface area contributed by atoms with E-state index in [2.05, 4.69) is 31.7 Å². The lowest BCUT2D eigenvalue weighted by molar-refractivity contribution is 0.450. The standard InChI is InChI=1S/C13H20N8/c1-19-10(3-5-16-19)11-2-4-15-12-17-13(18-21(11)12)20-8-6-14-7-9-20/h3,5,11,14H,2,4,6-9H2,1H3,(H,15,17,18). The van der Waals surface area contributed by atoms with Crippen molar-refractivity contribution < 1.29 is 0 Å². The monoisotopic (exact) mass is 288 g/mol. The lowest BCUT2D eigenvalue weighted by Crippen LogP contribution is -2.44. The van der Waals surface area contributed by atoms with E-state index in [-0.39, 0.29) is 6.04 Å². The molecule has 0 aromatic carbocycles. The van der Waals surface area contributed by atoms with Crippen molar-refractivity contribution in [1.82, 2.24) is 29.9 Å². The molecule has 2 aliphatic rings. The molecule has 2 N–H and O–H groups in total. The van der Waals surface area contributed by atoms with Gasteiger partial charge in [-0.2, -0.15) is 10.1 Å². The van der Waals surface area contributed by atoms with Gasteiger partial charge >= 0.3 is 0 Å². The minimum atomic E-state index is 0.206. The van der Waals surface area contributed by atoms with E-state index in [1.165, 1.54) is 5.69 Å². The maximum atomic E-state index is 4.75. The number of nitrogens with one attached hydrogen (secondary N) is 2. The predicted molar refractivity (Wildman–Crippen MR) is 79.6 cm³/mol. The van der Waals surface area contributed by atoms with Crippen molar-refractivity contribution in [2.24, 2.45) is 7.05 Å². The summed E-state index contributed by atoms with van der Waals surface area (Å²) in [6, 6.07) is 2.27. The van der Waals surface area contributed by atoms with Crippen LogP contribution in [0.4, 0.5) is 11.9 Å². The van der Waals surface area contributed by atoms with Crippen molar-refractivity contribution in [1.29, 1.82) is 0 Å². The zero-order valence-electron chi connectivity index (χ0n) is 12.2. The second-order valence-electron chi connectivity index (χ2n) is 5.53. The van der Waals surface area contributed by atoms with E-state index < -0.39 is 0 Å². The molecule has 1 fully saturated rings. The quantitative estimate of drug-likeness (QED) is 0.799. The van der Waals surface area contributed by atoms with Crippen LogP contribution in [0.3, 0.4) is 0 Å². The van der Waals surface area contributed by atoms with Crippen molar-refractivity contribution >= 4 is 11.9 Å². The zero-order valence-corrected chi connectivity index (χ0v) is 12.2. The highest BCUT2D eigenvalue weighted by Crippen LogP contribution is 2.29. The van der Waals surface area contributed by atoms with Crippen molar-refractivity contribution in [2.45, 2.75) is 12.5 Å². The SMILES string of the molecule is Cn1nccc1C1CCNc2nc(N3CCNCC3)nn21. The molecule has 4 rings (SSSR count). The third-order valence-corrected chi connectivity index (χ3v) is 4.22. The van der Waals surface area contributed by atoms with E-state index in [1.807, 2.05) is 22.6 Å². The smallest absolute Gasteiger partial charge is 0.246 e. The molecule has 0 bridgehead atoms. The van der Waals surface area contributed by atoms with Crippen LogP contribution in [-0.4, -0.2) is 57.3 Å². The van der Waals surface area contributed by atoms with E-state index in [4.69, 9.17) is 5.10 Å². The highest BCUT2D eigenvalue weighted by atomic mass is 15.5. The first kappa shape index (κ1) is 12.6. The Kier molecular flexibility index (Phi) is 3.03. The minimum absolute atomic E-state index is 0.206. The number of anilines is 2. The number of fused-ring (bicyclic) bond motifs is 1. The molecule has 2 aromatic heterocycles. The van der Waals surface area contributed by atoms with Crippen LogP contribution in [0, 0.1) is 0 Å². The number of nitrogens with zero attached hydrogens (tertiary/aromatic N) is 6. The van der Waals surface area contributed by atoms with Crippen molar-refractivity contribution in [3.63, 3.8) is 0 Å². The summed E-state index contributed by atoms with van der Waals surface area (Å²) in [4.78, 5) is 6.91. The fourth-order valence-corrected chi connectivity index (χ4v) is 3.08. The molecule has 8 nitrogen and oxygen atoms in total. The first-order chi connectivity index (χ1) is 10.3. The molecule has 0 saturated carbocycles. The lowest BCUT2D eigenvalue weighted by atomic mass is 10.1. The zero-order chi connectivity index (χ0) is 14.2. The van der Waals surface area contributed by atoms with Gasteiger partial charge in [0.2, 0.25) is 11.9 Å². The van der Waals surface area contributed by atoms with Gasteiger partial charge in [-0.25, -0.2) is 4.68 Å². The number of aromatic nitrogens is 5. The molecule has 0 amide bonds. The van der Waals surface area contributed by atoms with E-state index in [0.29, 0.717) is 0 Å². The lowest BCUT2D eigenvalue weighted by Gasteiger charge is -2.26. The molecule has 0 radical (unpaired) electrons. The summed E-state index contributed by atoms with van der Waals surface area (Å²) in [7, 11) is 1.98. The topological polar surface area (TPSA) is 75.8 Å². The highest BCUT2D eigenvalue weighted by Gasteiger charge is 2.28. The van der Waals surface area contributed by atoms with Crippen LogP contribution in [0.25, 0.3) is 0 Å². The van der Waals surface area contributed by atoms with E-state index in [0.717, 1.165) is 51.0 Å². The fraction of sp³-hybridized carbons (Fsp3) is 0.615. The Balaban J connectivity index is 1.68. The first-order valence-electron chi connectivity index (χ1n) is 7.47. The Labute approximate surface area is 123 Å². The van der Waals surface area contributed by atoms with Crippen LogP contribution >= 0.6 is 0 Å². The molecule has 2 aromatic rings. The van der Waals surface area contributed by atoms with Gasteiger partial charge in [0.1, 0.15) is 0 Å². The van der Waals surface area contributed by atoms with Gasteiger partial charge in [0, 0.05) is 46.0 Å². The van der Waals surface area contributed by atoms with Crippen LogP contribution in [-0.2, 0) is 7.05 Å². The predicted octanol–water partition coefficient (Wildman–Crippen LogP) is -0.174. The molecule has 1 saturated heterocycles. The number of aryl methyl sites for hydroxylation is 1. The number of hydrogen-bond donors (Lipinski definition) is 2. The molecule has 0 spiro atoms. The highest BCUT2D eigenvalue weighted by molar-refractivity contribution is 5.40. The Bertz CT molecular complexity index is 624. The summed E-state index contributed by atoms with van der Waals surface area (Å²) in [5.74, 6) is 1.69. The van der Waals surface area contributed by atoms with Crippen LogP contribution in [0.2, 0.25) is 0 Å². The molecule has 0 aliphatic carbocycles. The van der Waals surface area contributed by atoms with E-state index >= 15 is 0 Å². The Morgan fingerprint density at radius 1 is 1.24 bits per heavy atom. The number of piperazine rings is 1. The second-order valence-corrected chi connectivity index (χ2v) is 5.53. The maximum Gasteiger partial charge on any atom is 0.246 e. The number of rotatable bonds is 2. The van der Waals surface area contributed by atoms with Crippen LogP contribution in [0.1, 0.15) is 18.2 Å². The van der Waals surface area contributed by atoms with Crippen molar-refractivity contribution in [2.75, 3.05) is 42.9 Å². The van der Waals surface area contributed by atoms with Crippen LogP contribution in [0.5, 0.6) is 0 Å². The first-order valence-corrected chi connectivity index (χ1v) is 7.47. The molecular weight excluding hydrogens is 268 g/mol. The van der Waals surface area contributed by atoms with Crippen molar-refractivity contribution in [3.05, 3.63) is 18.0 Å². The van der Waals surface area contributed by atoms with E-state index in [9.17, 15) is 0 Å². The van der Waals surface area contributed by atoms with Gasteiger partial charge in [0.15, 0.2) is 0 Å². The van der Waals surface area contributed by atoms with Gasteiger partial charge in [0.25, 0.3) is 0 Å². The molecule has 8 heteroatoms. The third-order valence-electron chi connectivity index (χ3n) is 4.22. The van der Waals surface area contributed by atoms with Crippen LogP contribution < -0.4 is 15.5 Å². The summed E-state index contributed by atoms with van der Waals surface area (Å²) >= 11 is 0. The molecule has 4 heterocycles. The van der Waals surface area contributed by atoms with Gasteiger partial charge in [0.05, 0.1) is 11.7 Å². The number of hydrogen-bond acceptors (Lipinski definition) is 6. The summed E-state index contributed by atoms with van der Waals surface area (Å²) in [5.41, 5.74) is 1.18. The Hall–Kier alpha value is -2.09. The molecule has 2 aliphatic heterocycles. The van der Waals surface area contributed by atoms with Gasteiger partial charge < -0.3 is 15.5 Å². The molecule has 21 heavy (non-hydrogen) atoms. The summed E-state index contributed by atoms with van der Waals surface area (Å²) in [5, 5.41) is 15.7. The molecular formula is C13H20N8. The Morgan fingerprint density at radius 2 is 2.10 bits per heavy atom. The summed E-state index contributed by atoms with van der Waals surface area (Å²) in [6.07, 6.45) is 2.84. The fourth-order valence-electron chi connectivity index (χ4n) is 3.08. The second kappa shape index (κ2) is 5.03. The molecule has 1 unspecified atom stereocenters. The molecule has 112 valence electrons. The third kappa shape index (κ3) is 2.15. The maximum absolute atomic E-state index is 4.75. The summed E-state index contributed by atoms with van der Waals surface area (Å²) < 4.78 is 3.93. The average Bonchev–Trinajstić information content (AvgIpc) is 3.14. The normalized spacial score (nSPS) is 22.0. The van der Waals surface area contributed by atoms with Gasteiger partial charge in [-0.15, -0.1) is 5.10 Å². The van der Waals surface area contributed by atoms with Gasteiger partial charge in [-0.1, -0.05) is 0 Å².